The van der Waals surface area contributed by atoms with E-state index in [0.29, 0.717) is 12.1 Å². The molecule has 2 aromatic rings. The van der Waals surface area contributed by atoms with Crippen LogP contribution in [0.25, 0.3) is 0 Å². The Morgan fingerprint density at radius 3 is 1.79 bits per heavy atom. The van der Waals surface area contributed by atoms with Crippen LogP contribution in [-0.2, 0) is 12.8 Å². The number of thiophene rings is 2. The summed E-state index contributed by atoms with van der Waals surface area (Å²) in [4.78, 5) is 8.39. The smallest absolute Gasteiger partial charge is 0.0334 e. The van der Waals surface area contributed by atoms with Gasteiger partial charge in [0.2, 0.25) is 0 Å². The van der Waals surface area contributed by atoms with E-state index >= 15 is 0 Å². The van der Waals surface area contributed by atoms with Crippen molar-refractivity contribution in [3.05, 3.63) is 55.9 Å². The van der Waals surface area contributed by atoms with Gasteiger partial charge in [-0.2, -0.15) is 0 Å². The summed E-state index contributed by atoms with van der Waals surface area (Å²) in [6, 6.07) is 5.75. The third kappa shape index (κ3) is 3.13. The van der Waals surface area contributed by atoms with E-state index < -0.39 is 0 Å². The summed E-state index contributed by atoms with van der Waals surface area (Å²) >= 11 is 3.85. The predicted octanol–water partition coefficient (Wildman–Crippen LogP) is 4.90. The normalized spacial score (nSPS) is 25.1. The molecular weight excluding hydrogens is 332 g/mol. The van der Waals surface area contributed by atoms with Crippen LogP contribution >= 0.6 is 22.7 Å². The molecule has 0 bridgehead atoms. The average Bonchev–Trinajstić information content (AvgIpc) is 3.24. The molecule has 0 aromatic carbocycles. The summed E-state index contributed by atoms with van der Waals surface area (Å²) < 4.78 is 0. The highest BCUT2D eigenvalue weighted by atomic mass is 32.1. The Kier molecular flexibility index (Phi) is 4.90. The zero-order chi connectivity index (χ0) is 16.5. The third-order valence-electron chi connectivity index (χ3n) is 5.65. The molecule has 2 aliphatic rings. The van der Waals surface area contributed by atoms with E-state index in [2.05, 4.69) is 58.7 Å². The second-order valence-electron chi connectivity index (χ2n) is 6.91. The van der Waals surface area contributed by atoms with Gasteiger partial charge in [-0.3, -0.25) is 9.80 Å². The molecule has 0 fully saturated rings. The fraction of sp³-hybridized carbons (Fsp3) is 0.500. The molecule has 0 radical (unpaired) electrons. The van der Waals surface area contributed by atoms with Gasteiger partial charge in [0.1, 0.15) is 0 Å². The van der Waals surface area contributed by atoms with Crippen LogP contribution in [0.2, 0.25) is 0 Å². The first kappa shape index (κ1) is 16.5. The van der Waals surface area contributed by atoms with Gasteiger partial charge < -0.3 is 0 Å². The molecule has 0 amide bonds. The number of hydrogen-bond acceptors (Lipinski definition) is 4. The molecule has 0 saturated carbocycles. The lowest BCUT2D eigenvalue weighted by molar-refractivity contribution is 0.216. The molecule has 2 nitrogen and oxygen atoms in total. The largest absolute Gasteiger partial charge is 0.293 e. The number of hydrogen-bond donors (Lipinski definition) is 0. The maximum atomic E-state index is 2.60. The number of nitrogens with zero attached hydrogens (tertiary/aromatic N) is 2. The maximum absolute atomic E-state index is 2.60. The molecule has 2 atom stereocenters. The van der Waals surface area contributed by atoms with E-state index in [9.17, 15) is 0 Å². The average molecular weight is 359 g/mol. The predicted molar refractivity (Wildman–Crippen MR) is 105 cm³/mol. The van der Waals surface area contributed by atoms with Gasteiger partial charge in [-0.1, -0.05) is 12.2 Å². The fourth-order valence-corrected chi connectivity index (χ4v) is 5.97. The van der Waals surface area contributed by atoms with Crippen LogP contribution in [0.5, 0.6) is 0 Å². The minimum Gasteiger partial charge on any atom is -0.293 e. The molecule has 0 N–H and O–H groups in total. The Balaban J connectivity index is 1.31. The topological polar surface area (TPSA) is 6.48 Å². The lowest BCUT2D eigenvalue weighted by Gasteiger charge is -2.33. The molecule has 0 aliphatic carbocycles. The van der Waals surface area contributed by atoms with Gasteiger partial charge in [0.25, 0.3) is 0 Å². The van der Waals surface area contributed by atoms with Crippen LogP contribution in [0.15, 0.2) is 35.0 Å². The summed E-state index contributed by atoms with van der Waals surface area (Å²) in [6.45, 7) is 9.23. The van der Waals surface area contributed by atoms with Crippen molar-refractivity contribution in [3.8, 4) is 0 Å². The van der Waals surface area contributed by atoms with Crippen molar-refractivity contribution in [1.29, 1.82) is 0 Å². The van der Waals surface area contributed by atoms with Crippen molar-refractivity contribution >= 4 is 22.7 Å². The van der Waals surface area contributed by atoms with Gasteiger partial charge >= 0.3 is 0 Å². The van der Waals surface area contributed by atoms with E-state index in [4.69, 9.17) is 0 Å². The summed E-state index contributed by atoms with van der Waals surface area (Å²) in [5, 5.41) is 4.49. The Morgan fingerprint density at radius 1 is 0.875 bits per heavy atom. The maximum Gasteiger partial charge on any atom is 0.0334 e. The van der Waals surface area contributed by atoms with Crippen LogP contribution < -0.4 is 0 Å². The molecule has 2 aromatic heterocycles. The Bertz CT molecular complexity index is 655. The zero-order valence-corrected chi connectivity index (χ0v) is 16.2. The SMILES string of the molecule is CC1c2ccsc2CCN1C/C=C/CN1CCc2sccc2C1C. The molecule has 0 spiro atoms. The summed E-state index contributed by atoms with van der Waals surface area (Å²) in [7, 11) is 0. The monoisotopic (exact) mass is 358 g/mol. The second kappa shape index (κ2) is 7.12. The van der Waals surface area contributed by atoms with Gasteiger partial charge in [0.15, 0.2) is 0 Å². The molecular formula is C20H26N2S2. The third-order valence-corrected chi connectivity index (χ3v) is 7.65. The van der Waals surface area contributed by atoms with Gasteiger partial charge in [0.05, 0.1) is 0 Å². The standard InChI is InChI=1S/C20H26N2S2/c1-15-17-7-13-23-19(17)5-11-21(15)9-3-4-10-22-12-6-20-18(16(22)2)8-14-24-20/h3-4,7-8,13-16H,5-6,9-12H2,1-2H3/b4-3+. The van der Waals surface area contributed by atoms with Crippen molar-refractivity contribution in [1.82, 2.24) is 9.80 Å². The fourth-order valence-electron chi connectivity index (χ4n) is 4.04. The lowest BCUT2D eigenvalue weighted by atomic mass is 10.0. The quantitative estimate of drug-likeness (QED) is 0.717. The molecule has 4 heterocycles. The zero-order valence-electron chi connectivity index (χ0n) is 14.6. The number of fused-ring (bicyclic) bond motifs is 2. The second-order valence-corrected chi connectivity index (χ2v) is 8.91. The minimum atomic E-state index is 0.562. The van der Waals surface area contributed by atoms with Crippen molar-refractivity contribution in [2.24, 2.45) is 0 Å². The highest BCUT2D eigenvalue weighted by Gasteiger charge is 2.24. The van der Waals surface area contributed by atoms with Crippen LogP contribution in [-0.4, -0.2) is 36.0 Å². The van der Waals surface area contributed by atoms with E-state index in [0.717, 1.165) is 13.1 Å². The Labute approximate surface area is 153 Å². The molecule has 4 rings (SSSR count). The Morgan fingerprint density at radius 2 is 1.33 bits per heavy atom. The van der Waals surface area contributed by atoms with Crippen molar-refractivity contribution in [2.45, 2.75) is 38.8 Å². The molecule has 0 saturated heterocycles. The molecule has 2 unspecified atom stereocenters. The highest BCUT2D eigenvalue weighted by molar-refractivity contribution is 7.10. The van der Waals surface area contributed by atoms with E-state index in [-0.39, 0.29) is 0 Å². The van der Waals surface area contributed by atoms with E-state index in [1.807, 2.05) is 22.7 Å². The van der Waals surface area contributed by atoms with Crippen molar-refractivity contribution < 1.29 is 0 Å². The Hall–Kier alpha value is -0.940. The van der Waals surface area contributed by atoms with Gasteiger partial charge in [-0.15, -0.1) is 22.7 Å². The molecule has 4 heteroatoms. The first-order valence-corrected chi connectivity index (χ1v) is 10.8. The first-order chi connectivity index (χ1) is 11.7. The van der Waals surface area contributed by atoms with E-state index in [1.54, 1.807) is 20.9 Å². The molecule has 128 valence electrons. The van der Waals surface area contributed by atoms with Gasteiger partial charge in [-0.05, 0) is 60.7 Å². The van der Waals surface area contributed by atoms with Crippen LogP contribution in [0, 0.1) is 0 Å². The van der Waals surface area contributed by atoms with Crippen molar-refractivity contribution in [2.75, 3.05) is 26.2 Å². The number of rotatable bonds is 4. The summed E-state index contributed by atoms with van der Waals surface area (Å²) in [6.07, 6.45) is 7.19. The molecule has 2 aliphatic heterocycles. The first-order valence-electron chi connectivity index (χ1n) is 8.99. The summed E-state index contributed by atoms with van der Waals surface area (Å²) in [5.41, 5.74) is 3.10. The van der Waals surface area contributed by atoms with Crippen LogP contribution in [0.4, 0.5) is 0 Å². The highest BCUT2D eigenvalue weighted by Crippen LogP contribution is 2.33. The van der Waals surface area contributed by atoms with Gasteiger partial charge in [-0.25, -0.2) is 0 Å². The van der Waals surface area contributed by atoms with Crippen molar-refractivity contribution in [3.63, 3.8) is 0 Å². The minimum absolute atomic E-state index is 0.562. The lowest BCUT2D eigenvalue weighted by Crippen LogP contribution is -2.34. The van der Waals surface area contributed by atoms with Crippen LogP contribution in [0.3, 0.4) is 0 Å². The van der Waals surface area contributed by atoms with Crippen LogP contribution in [0.1, 0.15) is 46.8 Å². The molecule has 24 heavy (non-hydrogen) atoms. The summed E-state index contributed by atoms with van der Waals surface area (Å²) in [5.74, 6) is 0. The van der Waals surface area contributed by atoms with Gasteiger partial charge in [0, 0.05) is 48.0 Å². The van der Waals surface area contributed by atoms with E-state index in [1.165, 1.54) is 25.9 Å².